The van der Waals surface area contributed by atoms with Crippen molar-refractivity contribution in [3.8, 4) is 0 Å². The third-order valence-electron chi connectivity index (χ3n) is 6.65. The third kappa shape index (κ3) is 2.07. The van der Waals surface area contributed by atoms with Crippen LogP contribution in [0.1, 0.15) is 72.1 Å². The quantitative estimate of drug-likeness (QED) is 0.530. The Hall–Kier alpha value is -0.0400. The van der Waals surface area contributed by atoms with Crippen molar-refractivity contribution in [1.82, 2.24) is 0 Å². The van der Waals surface area contributed by atoms with Gasteiger partial charge in [0.15, 0.2) is 0 Å². The van der Waals surface area contributed by atoms with Crippen LogP contribution in [0.4, 0.5) is 0 Å². The predicted molar refractivity (Wildman–Crippen MR) is 80.1 cm³/mol. The van der Waals surface area contributed by atoms with Crippen LogP contribution in [0.2, 0.25) is 0 Å². The molecule has 4 rings (SSSR count). The summed E-state index contributed by atoms with van der Waals surface area (Å²) in [6.07, 6.45) is 11.2. The smallest absolute Gasteiger partial charge is 0.0776 e. The lowest BCUT2D eigenvalue weighted by Crippen LogP contribution is -2.23. The number of rotatable bonds is 9. The van der Waals surface area contributed by atoms with Gasteiger partial charge in [-0.15, -0.1) is 0 Å². The normalized spacial score (nSPS) is 45.9. The molecule has 1 nitrogen and oxygen atoms in total. The minimum absolute atomic E-state index is 0.367. The van der Waals surface area contributed by atoms with Gasteiger partial charge in [0, 0.05) is 6.61 Å². The molecule has 0 aromatic carbocycles. The fraction of sp³-hybridized carbons (Fsp3) is 1.00. The summed E-state index contributed by atoms with van der Waals surface area (Å²) in [4.78, 5) is 0. The average Bonchev–Trinajstić information content (AvgIpc) is 2.65. The monoisotopic (exact) mass is 264 g/mol. The molecule has 4 saturated carbocycles. The van der Waals surface area contributed by atoms with Crippen LogP contribution >= 0.6 is 0 Å². The Morgan fingerprint density at radius 2 is 1.68 bits per heavy atom. The summed E-state index contributed by atoms with van der Waals surface area (Å²) in [7, 11) is 0. The van der Waals surface area contributed by atoms with Gasteiger partial charge in [-0.3, -0.25) is 0 Å². The number of hydrogen-bond donors (Lipinski definition) is 0. The molecule has 4 aliphatic rings. The molecule has 0 N–H and O–H groups in total. The number of hydrogen-bond acceptors (Lipinski definition) is 1. The van der Waals surface area contributed by atoms with Crippen molar-refractivity contribution in [2.45, 2.75) is 77.7 Å². The molecule has 1 heteroatoms. The second-order valence-corrected chi connectivity index (χ2v) is 7.50. The topological polar surface area (TPSA) is 9.23 Å². The molecule has 0 radical (unpaired) electrons. The predicted octanol–water partition coefficient (Wildman–Crippen LogP) is 5.04. The van der Waals surface area contributed by atoms with Crippen molar-refractivity contribution in [2.24, 2.45) is 29.6 Å². The summed E-state index contributed by atoms with van der Waals surface area (Å²) in [6.45, 7) is 8.25. The fourth-order valence-electron chi connectivity index (χ4n) is 5.65. The molecule has 19 heavy (non-hydrogen) atoms. The fourth-order valence-corrected chi connectivity index (χ4v) is 5.65. The van der Waals surface area contributed by atoms with Gasteiger partial charge in [0.25, 0.3) is 0 Å². The first-order valence-corrected chi connectivity index (χ1v) is 8.87. The summed E-state index contributed by atoms with van der Waals surface area (Å²) in [5.74, 6) is 4.68. The van der Waals surface area contributed by atoms with E-state index in [1.54, 1.807) is 0 Å². The van der Waals surface area contributed by atoms with E-state index in [-0.39, 0.29) is 0 Å². The Labute approximate surface area is 119 Å². The Balaban J connectivity index is 1.30. The molecule has 0 heterocycles. The zero-order valence-corrected chi connectivity index (χ0v) is 13.2. The van der Waals surface area contributed by atoms with Gasteiger partial charge >= 0.3 is 0 Å². The molecule has 110 valence electrons. The van der Waals surface area contributed by atoms with Gasteiger partial charge in [-0.05, 0) is 42.4 Å². The lowest BCUT2D eigenvalue weighted by Gasteiger charge is -2.20. The van der Waals surface area contributed by atoms with Gasteiger partial charge in [-0.2, -0.15) is 0 Å². The average molecular weight is 264 g/mol. The first kappa shape index (κ1) is 13.9. The maximum absolute atomic E-state index is 6.43. The van der Waals surface area contributed by atoms with Crippen molar-refractivity contribution in [1.29, 1.82) is 0 Å². The van der Waals surface area contributed by atoms with Gasteiger partial charge in [-0.25, -0.2) is 0 Å². The molecule has 0 aliphatic heterocycles. The molecule has 0 aromatic heterocycles. The van der Waals surface area contributed by atoms with E-state index in [1.807, 2.05) is 0 Å². The van der Waals surface area contributed by atoms with Crippen LogP contribution in [0.25, 0.3) is 0 Å². The van der Waals surface area contributed by atoms with E-state index in [9.17, 15) is 0 Å². The van der Waals surface area contributed by atoms with E-state index in [2.05, 4.69) is 20.8 Å². The molecule has 4 bridgehead atoms. The standard InChI is InChI=1S/C18H32O/c1-4-5-6-7-8-9-10-11-19-18-14(3)15-12-16(18)17(18)13(15)2/h13-17H,4-12H2,1-3H3. The van der Waals surface area contributed by atoms with Crippen molar-refractivity contribution < 1.29 is 4.74 Å². The van der Waals surface area contributed by atoms with Crippen molar-refractivity contribution in [2.75, 3.05) is 6.61 Å². The van der Waals surface area contributed by atoms with Gasteiger partial charge in [0.05, 0.1) is 5.60 Å². The minimum Gasteiger partial charge on any atom is -0.374 e. The highest BCUT2D eigenvalue weighted by atomic mass is 16.5. The Kier molecular flexibility index (Phi) is 3.95. The highest BCUT2D eigenvalue weighted by Crippen LogP contribution is 2.79. The van der Waals surface area contributed by atoms with E-state index >= 15 is 0 Å². The zero-order chi connectivity index (χ0) is 13.5. The summed E-state index contributed by atoms with van der Waals surface area (Å²) in [6, 6.07) is 0. The molecule has 4 aliphatic carbocycles. The third-order valence-corrected chi connectivity index (χ3v) is 6.65. The SMILES string of the molecule is CCCCCCCCCOC12C(C)C3CC1C2C3C. The second kappa shape index (κ2) is 5.39. The van der Waals surface area contributed by atoms with Crippen LogP contribution in [-0.4, -0.2) is 12.2 Å². The maximum atomic E-state index is 6.43. The second-order valence-electron chi connectivity index (χ2n) is 7.50. The molecule has 0 spiro atoms. The van der Waals surface area contributed by atoms with Crippen molar-refractivity contribution >= 4 is 0 Å². The van der Waals surface area contributed by atoms with Crippen LogP contribution < -0.4 is 0 Å². The molecule has 0 saturated heterocycles. The van der Waals surface area contributed by atoms with Gasteiger partial charge in [0.2, 0.25) is 0 Å². The number of ether oxygens (including phenoxy) is 1. The van der Waals surface area contributed by atoms with Crippen LogP contribution in [0.5, 0.6) is 0 Å². The molecule has 0 aromatic rings. The van der Waals surface area contributed by atoms with E-state index in [0.29, 0.717) is 5.60 Å². The van der Waals surface area contributed by atoms with Crippen LogP contribution in [0.3, 0.4) is 0 Å². The summed E-state index contributed by atoms with van der Waals surface area (Å²) in [5, 5.41) is 0. The van der Waals surface area contributed by atoms with E-state index < -0.39 is 0 Å². The van der Waals surface area contributed by atoms with E-state index in [0.717, 1.165) is 36.2 Å². The minimum atomic E-state index is 0.367. The highest BCUT2D eigenvalue weighted by molar-refractivity contribution is 5.30. The largest absolute Gasteiger partial charge is 0.374 e. The first-order valence-electron chi connectivity index (χ1n) is 8.87. The van der Waals surface area contributed by atoms with E-state index in [1.165, 1.54) is 51.4 Å². The van der Waals surface area contributed by atoms with Gasteiger partial charge < -0.3 is 4.74 Å². The van der Waals surface area contributed by atoms with E-state index in [4.69, 9.17) is 4.74 Å². The van der Waals surface area contributed by atoms with Crippen LogP contribution in [0, 0.1) is 29.6 Å². The van der Waals surface area contributed by atoms with Crippen molar-refractivity contribution in [3.05, 3.63) is 0 Å². The molecule has 6 unspecified atom stereocenters. The molecule has 6 atom stereocenters. The molecule has 4 fully saturated rings. The molecule has 0 amide bonds. The lowest BCUT2D eigenvalue weighted by atomic mass is 9.94. The Morgan fingerprint density at radius 1 is 1.00 bits per heavy atom. The van der Waals surface area contributed by atoms with Gasteiger partial charge in [0.1, 0.15) is 0 Å². The Morgan fingerprint density at radius 3 is 2.21 bits per heavy atom. The summed E-state index contributed by atoms with van der Waals surface area (Å²) >= 11 is 0. The zero-order valence-electron chi connectivity index (χ0n) is 13.2. The summed E-state index contributed by atoms with van der Waals surface area (Å²) < 4.78 is 6.43. The molecular weight excluding hydrogens is 232 g/mol. The lowest BCUT2D eigenvalue weighted by molar-refractivity contribution is -0.00552. The number of unbranched alkanes of at least 4 members (excludes halogenated alkanes) is 6. The van der Waals surface area contributed by atoms with Crippen LogP contribution in [0.15, 0.2) is 0 Å². The molecular formula is C18H32O. The van der Waals surface area contributed by atoms with Gasteiger partial charge in [-0.1, -0.05) is 59.3 Å². The van der Waals surface area contributed by atoms with Crippen molar-refractivity contribution in [3.63, 3.8) is 0 Å². The summed E-state index contributed by atoms with van der Waals surface area (Å²) in [5.41, 5.74) is 0.367. The Bertz CT molecular complexity index is 309. The van der Waals surface area contributed by atoms with Crippen LogP contribution in [-0.2, 0) is 4.74 Å². The maximum Gasteiger partial charge on any atom is 0.0776 e. The highest BCUT2D eigenvalue weighted by Gasteiger charge is 2.82. The first-order chi connectivity index (χ1) is 9.23.